The fourth-order valence-corrected chi connectivity index (χ4v) is 0. The van der Waals surface area contributed by atoms with E-state index in [2.05, 4.69) is 0 Å². The quantitative estimate of drug-likeness (QED) is 0.102. The first-order valence-corrected chi connectivity index (χ1v) is 9.30. The van der Waals surface area contributed by atoms with Gasteiger partial charge in [-0.15, -0.1) is 0 Å². The van der Waals surface area contributed by atoms with Crippen LogP contribution in [0.15, 0.2) is 0 Å². The Kier molecular flexibility index (Phi) is 146. The van der Waals surface area contributed by atoms with E-state index in [1.807, 2.05) is 0 Å². The van der Waals surface area contributed by atoms with Gasteiger partial charge in [0.25, 0.3) is 0 Å². The van der Waals surface area contributed by atoms with Gasteiger partial charge in [-0.05, 0) is 0 Å². The Labute approximate surface area is 291 Å². The van der Waals surface area contributed by atoms with E-state index in [0.29, 0.717) is 0 Å². The average Bonchev–Trinajstić information content (AvgIpc) is 2.61. The molecule has 0 aliphatic heterocycles. The molecule has 0 unspecified atom stereocenters. The normalized spacial score (nSPS) is 6.61. The van der Waals surface area contributed by atoms with E-state index < -0.39 is 87.9 Å². The highest BCUT2D eigenvalue weighted by atomic mass is 24.3. The highest BCUT2D eigenvalue weighted by Crippen LogP contribution is 1.44. The van der Waals surface area contributed by atoms with Crippen molar-refractivity contribution in [3.05, 3.63) is 0 Å². The van der Waals surface area contributed by atoms with E-state index in [1.165, 1.54) is 0 Å². The standard InChI is InChI=1S/12BH3O3.Mg.2H/c12*2-1(3)4;;;/h12*2-4H;;;. The molecule has 0 aliphatic rings. The van der Waals surface area contributed by atoms with Gasteiger partial charge in [-0.2, -0.15) is 0 Å². The predicted octanol–water partition coefficient (Wildman–Crippen LogP) is -25.5. The first-order chi connectivity index (χ1) is 20.8. The number of rotatable bonds is 0. The molecule has 0 heterocycles. The molecule has 0 amide bonds. The van der Waals surface area contributed by atoms with Gasteiger partial charge in [-0.1, -0.05) is 0 Å². The second kappa shape index (κ2) is 81.9. The van der Waals surface area contributed by atoms with Crippen molar-refractivity contribution in [3.8, 4) is 0 Å². The van der Waals surface area contributed by atoms with Crippen molar-refractivity contribution in [2.75, 3.05) is 0 Å². The molecule has 36 N–H and O–H groups in total. The molecule has 0 atom stereocenters. The smallest absolute Gasteiger partial charge is 0.402 e. The predicted molar refractivity (Wildman–Crippen MR) is 157 cm³/mol. The van der Waals surface area contributed by atoms with Crippen LogP contribution < -0.4 is 0 Å². The molecule has 0 radical (unpaired) electrons. The Morgan fingerprint density at radius 2 is 0.102 bits per heavy atom. The lowest BCUT2D eigenvalue weighted by atomic mass is 10.3. The van der Waals surface area contributed by atoms with Crippen molar-refractivity contribution in [2.24, 2.45) is 0 Å². The Morgan fingerprint density at radius 3 is 0.102 bits per heavy atom. The molecule has 0 saturated carbocycles. The largest absolute Gasteiger partial charge is 0.631 e. The van der Waals surface area contributed by atoms with Crippen LogP contribution in [0.1, 0.15) is 0 Å². The summed E-state index contributed by atoms with van der Waals surface area (Å²) in [6.45, 7) is 0. The first-order valence-electron chi connectivity index (χ1n) is 9.30. The van der Waals surface area contributed by atoms with Crippen molar-refractivity contribution in [2.45, 2.75) is 0 Å². The molecular formula is H38B12MgO36. The zero-order valence-corrected chi connectivity index (χ0v) is 23.0. The zero-order valence-electron chi connectivity index (χ0n) is 23.0. The van der Waals surface area contributed by atoms with Crippen molar-refractivity contribution in [1.82, 2.24) is 0 Å². The van der Waals surface area contributed by atoms with Crippen molar-refractivity contribution < 1.29 is 181 Å². The maximum atomic E-state index is 7.17. The molecule has 36 nitrogen and oxygen atoms in total. The minimum Gasteiger partial charge on any atom is -0.402 e. The van der Waals surface area contributed by atoms with Crippen LogP contribution in [-0.4, -0.2) is 292 Å². The summed E-state index contributed by atoms with van der Waals surface area (Å²) in [5, 5.41) is 258. The van der Waals surface area contributed by atoms with Gasteiger partial charge in [0.2, 0.25) is 0 Å². The third kappa shape index (κ3) is 9200000. The Morgan fingerprint density at radius 1 is 0.102 bits per heavy atom. The average molecular weight is 768 g/mol. The summed E-state index contributed by atoms with van der Waals surface area (Å²) in [7, 11) is -26.0. The van der Waals surface area contributed by atoms with Crippen LogP contribution >= 0.6 is 0 Å². The van der Waals surface area contributed by atoms with E-state index in [9.17, 15) is 0 Å². The summed E-state index contributed by atoms with van der Waals surface area (Å²) in [6, 6.07) is 0. The highest BCUT2D eigenvalue weighted by Gasteiger charge is 1.96. The van der Waals surface area contributed by atoms with E-state index in [0.717, 1.165) is 0 Å². The lowest BCUT2D eigenvalue weighted by Gasteiger charge is -1.69. The summed E-state index contributed by atoms with van der Waals surface area (Å²) in [6.07, 6.45) is 0. The maximum Gasteiger partial charge on any atom is 0.631 e. The highest BCUT2D eigenvalue weighted by molar-refractivity contribution is 6.33. The summed E-state index contributed by atoms with van der Waals surface area (Å²) in [5.74, 6) is 0. The first kappa shape index (κ1) is 87.2. The second-order valence-electron chi connectivity index (χ2n) is 4.16. The van der Waals surface area contributed by atoms with Crippen LogP contribution in [0, 0.1) is 0 Å². The molecule has 0 aromatic rings. The van der Waals surface area contributed by atoms with Gasteiger partial charge in [-0.3, -0.25) is 0 Å². The van der Waals surface area contributed by atoms with Crippen molar-refractivity contribution in [1.29, 1.82) is 0 Å². The number of hydrogen-bond donors (Lipinski definition) is 36. The number of hydrogen-bond acceptors (Lipinski definition) is 36. The summed E-state index contributed by atoms with van der Waals surface area (Å²) >= 11 is 0. The molecule has 0 bridgehead atoms. The minimum atomic E-state index is -2.17. The Hall–Kier alpha value is 0.105. The third-order valence-corrected chi connectivity index (χ3v) is 0. The van der Waals surface area contributed by atoms with Crippen LogP contribution in [0.3, 0.4) is 0 Å². The molecule has 0 aromatic heterocycles. The Bertz CT molecular complexity index is 232. The summed E-state index contributed by atoms with van der Waals surface area (Å²) < 4.78 is 0. The van der Waals surface area contributed by atoms with Crippen molar-refractivity contribution >= 4 is 111 Å². The monoisotopic (exact) mass is 770 g/mol. The maximum absolute atomic E-state index is 7.17. The van der Waals surface area contributed by atoms with E-state index in [1.54, 1.807) is 0 Å². The van der Waals surface area contributed by atoms with Gasteiger partial charge in [0.05, 0.1) is 0 Å². The molecule has 0 aliphatic carbocycles. The molecular weight excluding hydrogens is 730 g/mol. The van der Waals surface area contributed by atoms with Gasteiger partial charge >= 0.3 is 111 Å². The molecule has 0 fully saturated rings. The Balaban J connectivity index is -0.0000000262. The molecule has 0 spiro atoms. The van der Waals surface area contributed by atoms with E-state index in [4.69, 9.17) is 181 Å². The molecule has 49 heavy (non-hydrogen) atoms. The summed E-state index contributed by atoms with van der Waals surface area (Å²) in [4.78, 5) is 0. The lowest BCUT2D eigenvalue weighted by molar-refractivity contribution is 0.276. The van der Waals surface area contributed by atoms with E-state index >= 15 is 0 Å². The van der Waals surface area contributed by atoms with Gasteiger partial charge in [0.15, 0.2) is 0 Å². The summed E-state index contributed by atoms with van der Waals surface area (Å²) in [5.41, 5.74) is 0. The van der Waals surface area contributed by atoms with Crippen LogP contribution in [0.25, 0.3) is 0 Å². The van der Waals surface area contributed by atoms with Gasteiger partial charge in [0, 0.05) is 0 Å². The molecule has 0 aromatic carbocycles. The fourth-order valence-electron chi connectivity index (χ4n) is 0. The minimum absolute atomic E-state index is 0. The molecule has 49 heteroatoms. The van der Waals surface area contributed by atoms with Gasteiger partial charge in [-0.25, -0.2) is 0 Å². The van der Waals surface area contributed by atoms with Crippen LogP contribution in [-0.2, 0) is 0 Å². The van der Waals surface area contributed by atoms with Crippen LogP contribution in [0.4, 0.5) is 0 Å². The van der Waals surface area contributed by atoms with Gasteiger partial charge in [0.1, 0.15) is 0 Å². The van der Waals surface area contributed by atoms with Gasteiger partial charge < -0.3 is 181 Å². The van der Waals surface area contributed by atoms with Crippen molar-refractivity contribution in [3.63, 3.8) is 0 Å². The topological polar surface area (TPSA) is 728 Å². The molecule has 0 rings (SSSR count). The fraction of sp³-hybridized carbons (Fsp3) is 0. The molecule has 292 valence electrons. The van der Waals surface area contributed by atoms with Crippen LogP contribution in [0.2, 0.25) is 0 Å². The second-order valence-corrected chi connectivity index (χ2v) is 4.16. The zero-order chi connectivity index (χ0) is 42.9. The molecule has 0 saturated heterocycles. The SMILES string of the molecule is OB(O)O.OB(O)O.OB(O)O.OB(O)O.OB(O)O.OB(O)O.OB(O)O.OB(O)O.OB(O)O.OB(O)O.OB(O)O.OB(O)O.[MgH2]. The van der Waals surface area contributed by atoms with E-state index in [-0.39, 0.29) is 23.1 Å². The van der Waals surface area contributed by atoms with Crippen LogP contribution in [0.5, 0.6) is 0 Å². The third-order valence-electron chi connectivity index (χ3n) is 0. The lowest BCUT2D eigenvalue weighted by Crippen LogP contribution is -2.07.